The van der Waals surface area contributed by atoms with Crippen LogP contribution in [0.5, 0.6) is 0 Å². The van der Waals surface area contributed by atoms with Crippen LogP contribution in [-0.4, -0.2) is 11.8 Å². The lowest BCUT2D eigenvalue weighted by Crippen LogP contribution is -2.34. The molecule has 2 nitrogen and oxygen atoms in total. The highest BCUT2D eigenvalue weighted by molar-refractivity contribution is 5.86. The van der Waals surface area contributed by atoms with E-state index in [1.54, 1.807) is 0 Å². The lowest BCUT2D eigenvalue weighted by molar-refractivity contribution is -0.126. The Morgan fingerprint density at radius 1 is 1.20 bits per heavy atom. The molecule has 2 fully saturated rings. The maximum Gasteiger partial charge on any atom is 0.139 e. The van der Waals surface area contributed by atoms with E-state index < -0.39 is 0 Å². The quantitative estimate of drug-likeness (QED) is 0.537. The molecule has 0 amide bonds. The van der Waals surface area contributed by atoms with E-state index in [0.717, 1.165) is 25.7 Å². The summed E-state index contributed by atoms with van der Waals surface area (Å²) in [6.07, 6.45) is 4.12. The zero-order chi connectivity index (χ0) is 7.14. The van der Waals surface area contributed by atoms with Crippen LogP contribution >= 0.6 is 0 Å². The van der Waals surface area contributed by atoms with Gasteiger partial charge in [0, 0.05) is 17.9 Å². The number of nitrogens with two attached hydrogens (primary N) is 1. The topological polar surface area (TPSA) is 43.1 Å². The Bertz CT molecular complexity index is 151. The highest BCUT2D eigenvalue weighted by Crippen LogP contribution is 2.38. The smallest absolute Gasteiger partial charge is 0.139 e. The fourth-order valence-corrected chi connectivity index (χ4v) is 2.32. The molecule has 0 unspecified atom stereocenters. The van der Waals surface area contributed by atoms with Crippen LogP contribution in [0.25, 0.3) is 0 Å². The summed E-state index contributed by atoms with van der Waals surface area (Å²) in [5, 5.41) is 0. The Morgan fingerprint density at radius 3 is 2.20 bits per heavy atom. The number of carbonyl (C=O) groups is 1. The van der Waals surface area contributed by atoms with Gasteiger partial charge >= 0.3 is 0 Å². The van der Waals surface area contributed by atoms with Gasteiger partial charge in [-0.2, -0.15) is 0 Å². The van der Waals surface area contributed by atoms with E-state index >= 15 is 0 Å². The first-order valence-corrected chi connectivity index (χ1v) is 4.06. The van der Waals surface area contributed by atoms with E-state index in [4.69, 9.17) is 5.73 Å². The van der Waals surface area contributed by atoms with Crippen LogP contribution in [0.15, 0.2) is 0 Å². The summed E-state index contributed by atoms with van der Waals surface area (Å²) in [7, 11) is 0. The van der Waals surface area contributed by atoms with Gasteiger partial charge in [0.15, 0.2) is 0 Å². The number of rotatable bonds is 0. The number of carbonyl (C=O) groups excluding carboxylic acids is 1. The second-order valence-corrected chi connectivity index (χ2v) is 3.61. The van der Waals surface area contributed by atoms with E-state index in [-0.39, 0.29) is 0 Å². The van der Waals surface area contributed by atoms with Crippen molar-refractivity contribution < 1.29 is 4.79 Å². The first-order chi connectivity index (χ1) is 4.77. The molecule has 0 heterocycles. The normalized spacial score (nSPS) is 46.1. The SMILES string of the molecule is NC1C[C@H]2CC[C@H](C1)C2=O. The molecule has 2 bridgehead atoms. The van der Waals surface area contributed by atoms with Crippen molar-refractivity contribution in [3.8, 4) is 0 Å². The summed E-state index contributed by atoms with van der Waals surface area (Å²) in [6, 6.07) is 0.315. The number of Topliss-reactive ketones (excluding diaryl/α,β-unsaturated/α-hetero) is 1. The Labute approximate surface area is 60.8 Å². The Balaban J connectivity index is 2.16. The number of ketones is 1. The Morgan fingerprint density at radius 2 is 1.70 bits per heavy atom. The fraction of sp³-hybridized carbons (Fsp3) is 0.875. The largest absolute Gasteiger partial charge is 0.328 e. The molecule has 0 aromatic heterocycles. The average Bonchev–Trinajstić information content (AvgIpc) is 2.20. The van der Waals surface area contributed by atoms with Crippen LogP contribution in [-0.2, 0) is 4.79 Å². The molecule has 0 saturated heterocycles. The molecule has 2 heteroatoms. The van der Waals surface area contributed by atoms with Crippen LogP contribution in [0, 0.1) is 11.8 Å². The molecule has 2 aliphatic rings. The monoisotopic (exact) mass is 139 g/mol. The molecule has 0 aromatic carbocycles. The Kier molecular flexibility index (Phi) is 1.31. The molecule has 0 radical (unpaired) electrons. The van der Waals surface area contributed by atoms with Gasteiger partial charge < -0.3 is 5.73 Å². The lowest BCUT2D eigenvalue weighted by atomic mass is 9.85. The van der Waals surface area contributed by atoms with Gasteiger partial charge in [-0.15, -0.1) is 0 Å². The summed E-state index contributed by atoms with van der Waals surface area (Å²) in [4.78, 5) is 11.3. The van der Waals surface area contributed by atoms with Crippen molar-refractivity contribution in [1.82, 2.24) is 0 Å². The minimum Gasteiger partial charge on any atom is -0.328 e. The van der Waals surface area contributed by atoms with Gasteiger partial charge in [-0.25, -0.2) is 0 Å². The molecule has 0 aliphatic heterocycles. The van der Waals surface area contributed by atoms with E-state index in [9.17, 15) is 4.79 Å². The third-order valence-electron chi connectivity index (χ3n) is 2.84. The van der Waals surface area contributed by atoms with Gasteiger partial charge in [0.25, 0.3) is 0 Å². The molecule has 2 atom stereocenters. The standard InChI is InChI=1S/C8H13NO/c9-7-3-5-1-2-6(4-7)8(5)10/h5-7H,1-4,9H2/t5-,6-/m1/s1. The first kappa shape index (κ1) is 6.35. The molecule has 56 valence electrons. The molecular formula is C8H13NO. The second-order valence-electron chi connectivity index (χ2n) is 3.61. The van der Waals surface area contributed by atoms with Gasteiger partial charge in [0.2, 0.25) is 0 Å². The van der Waals surface area contributed by atoms with Crippen LogP contribution in [0.3, 0.4) is 0 Å². The van der Waals surface area contributed by atoms with Crippen molar-refractivity contribution in [2.24, 2.45) is 17.6 Å². The third-order valence-corrected chi connectivity index (χ3v) is 2.84. The molecule has 10 heavy (non-hydrogen) atoms. The zero-order valence-electron chi connectivity index (χ0n) is 6.05. The fourth-order valence-electron chi connectivity index (χ4n) is 2.32. The second kappa shape index (κ2) is 2.06. The zero-order valence-corrected chi connectivity index (χ0v) is 6.05. The summed E-state index contributed by atoms with van der Waals surface area (Å²) in [6.45, 7) is 0. The molecular weight excluding hydrogens is 126 g/mol. The van der Waals surface area contributed by atoms with E-state index in [2.05, 4.69) is 0 Å². The molecule has 2 N–H and O–H groups in total. The number of hydrogen-bond acceptors (Lipinski definition) is 2. The minimum absolute atomic E-state index is 0.315. The summed E-state index contributed by atoms with van der Waals surface area (Å²) in [5.74, 6) is 1.18. The van der Waals surface area contributed by atoms with Gasteiger partial charge in [-0.3, -0.25) is 4.79 Å². The summed E-state index contributed by atoms with van der Waals surface area (Å²) >= 11 is 0. The first-order valence-electron chi connectivity index (χ1n) is 4.06. The van der Waals surface area contributed by atoms with Crippen molar-refractivity contribution in [3.63, 3.8) is 0 Å². The number of hydrogen-bond donors (Lipinski definition) is 1. The average molecular weight is 139 g/mol. The molecule has 2 saturated carbocycles. The van der Waals surface area contributed by atoms with Crippen molar-refractivity contribution in [2.45, 2.75) is 31.7 Å². The van der Waals surface area contributed by atoms with Gasteiger partial charge in [-0.05, 0) is 25.7 Å². The maximum atomic E-state index is 11.3. The minimum atomic E-state index is 0.315. The molecule has 2 rings (SSSR count). The van der Waals surface area contributed by atoms with E-state index in [1.807, 2.05) is 0 Å². The van der Waals surface area contributed by atoms with Crippen LogP contribution in [0.2, 0.25) is 0 Å². The lowest BCUT2D eigenvalue weighted by Gasteiger charge is -2.22. The highest BCUT2D eigenvalue weighted by atomic mass is 16.1. The van der Waals surface area contributed by atoms with Crippen molar-refractivity contribution in [2.75, 3.05) is 0 Å². The van der Waals surface area contributed by atoms with Crippen LogP contribution < -0.4 is 5.73 Å². The highest BCUT2D eigenvalue weighted by Gasteiger charge is 2.39. The Hall–Kier alpha value is -0.370. The van der Waals surface area contributed by atoms with Crippen molar-refractivity contribution in [3.05, 3.63) is 0 Å². The molecule has 2 aliphatic carbocycles. The van der Waals surface area contributed by atoms with Crippen molar-refractivity contribution in [1.29, 1.82) is 0 Å². The van der Waals surface area contributed by atoms with Crippen LogP contribution in [0.1, 0.15) is 25.7 Å². The predicted molar refractivity (Wildman–Crippen MR) is 38.4 cm³/mol. The molecule has 0 aromatic rings. The summed E-state index contributed by atoms with van der Waals surface area (Å²) in [5.41, 5.74) is 5.77. The van der Waals surface area contributed by atoms with E-state index in [1.165, 1.54) is 0 Å². The third kappa shape index (κ3) is 0.788. The van der Waals surface area contributed by atoms with Gasteiger partial charge in [-0.1, -0.05) is 0 Å². The summed E-state index contributed by atoms with van der Waals surface area (Å²) < 4.78 is 0. The molecule has 0 spiro atoms. The predicted octanol–water partition coefficient (Wildman–Crippen LogP) is 0.703. The van der Waals surface area contributed by atoms with Crippen molar-refractivity contribution >= 4 is 5.78 Å². The maximum absolute atomic E-state index is 11.3. The number of fused-ring (bicyclic) bond motifs is 2. The van der Waals surface area contributed by atoms with Gasteiger partial charge in [0.05, 0.1) is 0 Å². The van der Waals surface area contributed by atoms with Gasteiger partial charge in [0.1, 0.15) is 5.78 Å². The van der Waals surface area contributed by atoms with E-state index in [0.29, 0.717) is 23.7 Å². The van der Waals surface area contributed by atoms with Crippen LogP contribution in [0.4, 0.5) is 0 Å².